The molecular formula is C24H18N4O2S2. The average Bonchev–Trinajstić information content (AvgIpc) is 3.39. The average molecular weight is 459 g/mol. The highest BCUT2D eigenvalue weighted by molar-refractivity contribution is 8.03. The largest absolute Gasteiger partial charge is 0.871 e. The van der Waals surface area contributed by atoms with Gasteiger partial charge >= 0.3 is 0 Å². The van der Waals surface area contributed by atoms with Gasteiger partial charge in [0.2, 0.25) is 5.52 Å². The predicted molar refractivity (Wildman–Crippen MR) is 122 cm³/mol. The first-order valence-electron chi connectivity index (χ1n) is 10.8. The summed E-state index contributed by atoms with van der Waals surface area (Å²) in [4.78, 5) is 25.6. The lowest BCUT2D eigenvalue weighted by Crippen LogP contribution is -2.41. The number of nitrogens with zero attached hydrogens (tertiary/aromatic N) is 4. The van der Waals surface area contributed by atoms with Gasteiger partial charge in [0.05, 0.1) is 10.7 Å². The highest BCUT2D eigenvalue weighted by Gasteiger charge is 2.41. The van der Waals surface area contributed by atoms with Crippen molar-refractivity contribution in [1.82, 2.24) is 9.97 Å². The van der Waals surface area contributed by atoms with Crippen molar-refractivity contribution >= 4 is 50.5 Å². The zero-order chi connectivity index (χ0) is 21.4. The van der Waals surface area contributed by atoms with E-state index >= 15 is 0 Å². The maximum absolute atomic E-state index is 13.4. The van der Waals surface area contributed by atoms with E-state index in [9.17, 15) is 9.90 Å². The Morgan fingerprint density at radius 1 is 1.03 bits per heavy atom. The second-order valence-corrected chi connectivity index (χ2v) is 10.3. The summed E-state index contributed by atoms with van der Waals surface area (Å²) in [5.41, 5.74) is 4.75. The quantitative estimate of drug-likeness (QED) is 0.411. The fourth-order valence-corrected chi connectivity index (χ4v) is 7.60. The summed E-state index contributed by atoms with van der Waals surface area (Å²) in [5.74, 6) is -0.171. The molecule has 0 saturated carbocycles. The van der Waals surface area contributed by atoms with E-state index in [-0.39, 0.29) is 11.5 Å². The van der Waals surface area contributed by atoms with Gasteiger partial charge in [0.25, 0.3) is 5.01 Å². The molecule has 1 aliphatic carbocycles. The second-order valence-electron chi connectivity index (χ2n) is 8.35. The number of carbonyl (C=O) groups excluding carboxylic acids is 1. The Kier molecular flexibility index (Phi) is 3.93. The van der Waals surface area contributed by atoms with Gasteiger partial charge in [-0.2, -0.15) is 4.57 Å². The molecule has 6 nitrogen and oxygen atoms in total. The standard InChI is InChI=1S/C24H18N4O2S2/c29-19-17(13-5-3-11-27-15-7-1-9-25-21(15)31-23(13)27)20(30)18(19)14-6-4-12-28-16-8-2-10-26-22(16)32-24(14)28/h1-2,7-10H,3-6,11-12H2. The summed E-state index contributed by atoms with van der Waals surface area (Å²) in [6.45, 7) is 1.78. The third-order valence-corrected chi connectivity index (χ3v) is 8.94. The molecule has 3 aromatic heterocycles. The molecule has 0 bridgehead atoms. The van der Waals surface area contributed by atoms with Crippen LogP contribution in [0.2, 0.25) is 0 Å². The first kappa shape index (κ1) is 18.6. The molecular weight excluding hydrogens is 440 g/mol. The molecule has 7 rings (SSSR count). The third-order valence-electron chi connectivity index (χ3n) is 6.61. The van der Waals surface area contributed by atoms with Crippen LogP contribution in [0.5, 0.6) is 0 Å². The van der Waals surface area contributed by atoms with Gasteiger partial charge in [-0.05, 0) is 66.1 Å². The van der Waals surface area contributed by atoms with Crippen molar-refractivity contribution in [1.29, 1.82) is 0 Å². The van der Waals surface area contributed by atoms with Crippen LogP contribution in [0.25, 0.3) is 15.9 Å². The Morgan fingerprint density at radius 2 is 1.88 bits per heavy atom. The van der Waals surface area contributed by atoms with Gasteiger partial charge in [-0.1, -0.05) is 5.76 Å². The van der Waals surface area contributed by atoms with Crippen LogP contribution >= 0.6 is 23.1 Å². The van der Waals surface area contributed by atoms with Crippen molar-refractivity contribution in [3.8, 4) is 0 Å². The number of pyridine rings is 2. The number of aromatic nitrogens is 3. The fourth-order valence-electron chi connectivity index (χ4n) is 5.19. The molecule has 0 fully saturated rings. The van der Waals surface area contributed by atoms with Gasteiger partial charge in [-0.25, -0.2) is 9.97 Å². The van der Waals surface area contributed by atoms with Crippen LogP contribution in [-0.2, 0) is 11.3 Å². The van der Waals surface area contributed by atoms with Crippen molar-refractivity contribution in [3.05, 3.63) is 69.2 Å². The minimum Gasteiger partial charge on any atom is -0.871 e. The zero-order valence-electron chi connectivity index (χ0n) is 17.1. The Morgan fingerprint density at radius 3 is 2.78 bits per heavy atom. The molecule has 3 aromatic rings. The second kappa shape index (κ2) is 6.76. The monoisotopic (exact) mass is 458 g/mol. The molecule has 0 atom stereocenters. The van der Waals surface area contributed by atoms with Gasteiger partial charge in [-0.15, -0.1) is 0 Å². The lowest BCUT2D eigenvalue weighted by molar-refractivity contribution is -0.672. The highest BCUT2D eigenvalue weighted by atomic mass is 32.2. The van der Waals surface area contributed by atoms with Crippen molar-refractivity contribution in [2.24, 2.45) is 0 Å². The van der Waals surface area contributed by atoms with E-state index < -0.39 is 0 Å². The number of Topliss-reactive ketones (excluding diaryl/α,β-unsaturated/α-hetero) is 1. The number of rotatable bonds is 1. The van der Waals surface area contributed by atoms with Crippen LogP contribution in [0.1, 0.15) is 30.7 Å². The topological polar surface area (TPSA) is 73.0 Å². The molecule has 0 spiro atoms. The number of carbonyl (C=O) groups is 1. The zero-order valence-corrected chi connectivity index (χ0v) is 18.8. The Bertz CT molecular complexity index is 1450. The normalized spacial score (nSPS) is 22.2. The number of aryl methyl sites for hydroxylation is 1. The van der Waals surface area contributed by atoms with Gasteiger partial charge < -0.3 is 10.0 Å². The molecule has 6 heterocycles. The summed E-state index contributed by atoms with van der Waals surface area (Å²) in [7, 11) is 0. The first-order valence-corrected chi connectivity index (χ1v) is 12.5. The fraction of sp³-hybridized carbons (Fsp3) is 0.250. The maximum Gasteiger partial charge on any atom is 0.268 e. The summed E-state index contributed by atoms with van der Waals surface area (Å²) < 4.78 is 2.22. The van der Waals surface area contributed by atoms with E-state index in [4.69, 9.17) is 0 Å². The molecule has 8 heteroatoms. The van der Waals surface area contributed by atoms with Gasteiger partial charge in [0.15, 0.2) is 17.2 Å². The molecule has 3 aliphatic heterocycles. The lowest BCUT2D eigenvalue weighted by Gasteiger charge is -2.37. The summed E-state index contributed by atoms with van der Waals surface area (Å²) in [6, 6.07) is 7.99. The maximum atomic E-state index is 13.4. The van der Waals surface area contributed by atoms with Gasteiger partial charge in [0.1, 0.15) is 5.03 Å². The van der Waals surface area contributed by atoms with Crippen molar-refractivity contribution in [2.45, 2.75) is 37.3 Å². The number of fused-ring (bicyclic) bond motifs is 6. The molecule has 0 radical (unpaired) electrons. The van der Waals surface area contributed by atoms with Crippen molar-refractivity contribution in [3.63, 3.8) is 0 Å². The smallest absolute Gasteiger partial charge is 0.268 e. The van der Waals surface area contributed by atoms with Crippen LogP contribution in [0.4, 0.5) is 5.69 Å². The van der Waals surface area contributed by atoms with Gasteiger partial charge in [0, 0.05) is 48.1 Å². The van der Waals surface area contributed by atoms with E-state index in [0.717, 1.165) is 81.0 Å². The molecule has 0 saturated heterocycles. The molecule has 158 valence electrons. The highest BCUT2D eigenvalue weighted by Crippen LogP contribution is 2.52. The number of anilines is 1. The van der Waals surface area contributed by atoms with E-state index in [0.29, 0.717) is 11.1 Å². The number of allylic oxidation sites excluding steroid dienone is 4. The van der Waals surface area contributed by atoms with E-state index in [1.807, 2.05) is 12.1 Å². The predicted octanol–water partition coefficient (Wildman–Crippen LogP) is 3.34. The van der Waals surface area contributed by atoms with Crippen LogP contribution in [0.3, 0.4) is 0 Å². The number of thioether (sulfide) groups is 1. The Hall–Kier alpha value is -2.97. The Balaban J connectivity index is 1.37. The van der Waals surface area contributed by atoms with Crippen molar-refractivity contribution in [2.75, 3.05) is 11.4 Å². The third kappa shape index (κ3) is 2.42. The molecule has 0 N–H and O–H groups in total. The van der Waals surface area contributed by atoms with E-state index in [2.05, 4.69) is 31.6 Å². The lowest BCUT2D eigenvalue weighted by atomic mass is 9.78. The summed E-state index contributed by atoms with van der Waals surface area (Å²) in [5, 5.41) is 16.4. The molecule has 0 amide bonds. The molecule has 0 aromatic carbocycles. The minimum atomic E-state index is -0.0854. The SMILES string of the molecule is O=C1C(C2=C3Sc4ncccc4N3CCC2)=C([O-])/C1=C1/CCC[n+]2c1sc1ncccc12. The van der Waals surface area contributed by atoms with E-state index in [1.54, 1.807) is 35.5 Å². The Labute approximate surface area is 192 Å². The van der Waals surface area contributed by atoms with E-state index in [1.165, 1.54) is 0 Å². The first-order chi connectivity index (χ1) is 15.7. The molecule has 32 heavy (non-hydrogen) atoms. The van der Waals surface area contributed by atoms with Crippen LogP contribution < -0.4 is 14.6 Å². The van der Waals surface area contributed by atoms with Crippen LogP contribution in [0.15, 0.2) is 69.2 Å². The summed E-state index contributed by atoms with van der Waals surface area (Å²) in [6.07, 6.45) is 6.94. The minimum absolute atomic E-state index is 0.0854. The number of ketones is 1. The number of hydrogen-bond donors (Lipinski definition) is 0. The van der Waals surface area contributed by atoms with Crippen molar-refractivity contribution < 1.29 is 14.5 Å². The number of hydrogen-bond acceptors (Lipinski definition) is 7. The number of thiazole rings is 1. The summed E-state index contributed by atoms with van der Waals surface area (Å²) >= 11 is 3.16. The van der Waals surface area contributed by atoms with Crippen LogP contribution in [-0.4, -0.2) is 22.3 Å². The van der Waals surface area contributed by atoms with Crippen LogP contribution in [0, 0.1) is 0 Å². The molecule has 0 unspecified atom stereocenters. The van der Waals surface area contributed by atoms with Gasteiger partial charge in [-0.3, -0.25) is 4.79 Å². The molecule has 4 aliphatic rings.